The molecule has 3 nitrogen and oxygen atoms in total. The first-order valence-corrected chi connectivity index (χ1v) is 7.37. The van der Waals surface area contributed by atoms with Gasteiger partial charge in [-0.05, 0) is 50.4 Å². The minimum absolute atomic E-state index is 0. The number of piperidine rings is 1. The van der Waals surface area contributed by atoms with E-state index in [-0.39, 0.29) is 18.3 Å². The van der Waals surface area contributed by atoms with E-state index >= 15 is 0 Å². The molecule has 0 spiro atoms. The summed E-state index contributed by atoms with van der Waals surface area (Å²) in [5, 5.41) is 7.05. The lowest BCUT2D eigenvalue weighted by atomic mass is 9.96. The number of benzene rings is 1. The minimum atomic E-state index is -0.195. The van der Waals surface area contributed by atoms with Gasteiger partial charge in [0, 0.05) is 6.54 Å². The number of nitrogens with one attached hydrogen (secondary N) is 2. The average Bonchev–Trinajstić information content (AvgIpc) is 2.40. The second-order valence-corrected chi connectivity index (χ2v) is 5.67. The second-order valence-electron chi connectivity index (χ2n) is 4.85. The van der Waals surface area contributed by atoms with Gasteiger partial charge in [0.15, 0.2) is 0 Å². The fourth-order valence-electron chi connectivity index (χ4n) is 2.36. The summed E-state index contributed by atoms with van der Waals surface area (Å²) in [6.45, 7) is 2.81. The minimum Gasteiger partial charge on any atom is -0.352 e. The maximum absolute atomic E-state index is 12.0. The predicted octanol–water partition coefficient (Wildman–Crippen LogP) is 3.53. The summed E-state index contributed by atoms with van der Waals surface area (Å²) in [6, 6.07) is 5.08. The summed E-state index contributed by atoms with van der Waals surface area (Å²) in [4.78, 5) is 12.0. The highest BCUT2D eigenvalue weighted by Crippen LogP contribution is 2.24. The summed E-state index contributed by atoms with van der Waals surface area (Å²) >= 11 is 12.0. The number of carbonyl (C=O) groups is 1. The smallest absolute Gasteiger partial charge is 0.254 e. The van der Waals surface area contributed by atoms with Crippen molar-refractivity contribution in [2.45, 2.75) is 19.3 Å². The molecule has 1 amide bonds. The highest BCUT2D eigenvalue weighted by Gasteiger charge is 2.16. The van der Waals surface area contributed by atoms with E-state index in [0.717, 1.165) is 19.5 Å². The van der Waals surface area contributed by atoms with Crippen molar-refractivity contribution in [1.29, 1.82) is 0 Å². The van der Waals surface area contributed by atoms with Crippen LogP contribution in [0.2, 0.25) is 10.0 Å². The molecular formula is C14H19Cl3N2O. The third-order valence-electron chi connectivity index (χ3n) is 3.43. The first-order valence-electron chi connectivity index (χ1n) is 6.61. The Morgan fingerprint density at radius 1 is 1.35 bits per heavy atom. The Kier molecular flexibility index (Phi) is 7.67. The van der Waals surface area contributed by atoms with Crippen molar-refractivity contribution in [2.24, 2.45) is 5.92 Å². The van der Waals surface area contributed by atoms with Crippen molar-refractivity contribution < 1.29 is 4.79 Å². The van der Waals surface area contributed by atoms with Gasteiger partial charge < -0.3 is 10.6 Å². The van der Waals surface area contributed by atoms with Crippen molar-refractivity contribution in [1.82, 2.24) is 10.6 Å². The molecule has 1 fully saturated rings. The van der Waals surface area contributed by atoms with Crippen LogP contribution in [0.1, 0.15) is 29.6 Å². The van der Waals surface area contributed by atoms with E-state index in [1.807, 2.05) is 0 Å². The van der Waals surface area contributed by atoms with Crippen LogP contribution in [0.3, 0.4) is 0 Å². The Morgan fingerprint density at radius 2 is 2.05 bits per heavy atom. The molecule has 1 atom stereocenters. The van der Waals surface area contributed by atoms with Crippen molar-refractivity contribution in [3.63, 3.8) is 0 Å². The van der Waals surface area contributed by atoms with Gasteiger partial charge in [-0.2, -0.15) is 0 Å². The molecule has 6 heteroatoms. The van der Waals surface area contributed by atoms with Crippen LogP contribution in [0.15, 0.2) is 18.2 Å². The molecule has 1 aliphatic rings. The monoisotopic (exact) mass is 336 g/mol. The Bertz CT molecular complexity index is 428. The topological polar surface area (TPSA) is 41.1 Å². The van der Waals surface area contributed by atoms with Gasteiger partial charge in [-0.25, -0.2) is 0 Å². The second kappa shape index (κ2) is 8.73. The fraction of sp³-hybridized carbons (Fsp3) is 0.500. The van der Waals surface area contributed by atoms with E-state index in [0.29, 0.717) is 28.1 Å². The molecule has 2 N–H and O–H groups in total. The zero-order valence-electron chi connectivity index (χ0n) is 11.1. The predicted molar refractivity (Wildman–Crippen MR) is 86.3 cm³/mol. The van der Waals surface area contributed by atoms with Crippen molar-refractivity contribution in [3.8, 4) is 0 Å². The molecule has 0 aliphatic carbocycles. The van der Waals surface area contributed by atoms with E-state index in [9.17, 15) is 4.79 Å². The summed E-state index contributed by atoms with van der Waals surface area (Å²) < 4.78 is 0. The van der Waals surface area contributed by atoms with Crippen molar-refractivity contribution in [3.05, 3.63) is 33.8 Å². The maximum atomic E-state index is 12.0. The molecule has 1 heterocycles. The van der Waals surface area contributed by atoms with Gasteiger partial charge in [0.05, 0.1) is 15.6 Å². The summed E-state index contributed by atoms with van der Waals surface area (Å²) in [6.07, 6.45) is 3.44. The molecule has 1 saturated heterocycles. The van der Waals surface area contributed by atoms with Crippen LogP contribution in [0, 0.1) is 5.92 Å². The van der Waals surface area contributed by atoms with Gasteiger partial charge >= 0.3 is 0 Å². The molecule has 0 aromatic heterocycles. The molecule has 1 aromatic carbocycles. The largest absolute Gasteiger partial charge is 0.352 e. The first-order chi connectivity index (χ1) is 9.18. The van der Waals surface area contributed by atoms with Gasteiger partial charge in [-0.15, -0.1) is 12.4 Å². The Morgan fingerprint density at radius 3 is 2.65 bits per heavy atom. The molecule has 0 bridgehead atoms. The zero-order valence-corrected chi connectivity index (χ0v) is 13.5. The van der Waals surface area contributed by atoms with Gasteiger partial charge in [0.1, 0.15) is 0 Å². The van der Waals surface area contributed by atoms with Crippen LogP contribution in [0.4, 0.5) is 0 Å². The molecule has 0 radical (unpaired) electrons. The van der Waals surface area contributed by atoms with Gasteiger partial charge in [-0.3, -0.25) is 4.79 Å². The van der Waals surface area contributed by atoms with Crippen LogP contribution >= 0.6 is 35.6 Å². The molecule has 1 aliphatic heterocycles. The SMILES string of the molecule is Cl.O=C(NCCC1CCCNC1)c1c(Cl)cccc1Cl. The molecule has 20 heavy (non-hydrogen) atoms. The summed E-state index contributed by atoms with van der Waals surface area (Å²) in [5.74, 6) is 0.454. The van der Waals surface area contributed by atoms with E-state index in [4.69, 9.17) is 23.2 Å². The molecule has 1 unspecified atom stereocenters. The third-order valence-corrected chi connectivity index (χ3v) is 4.06. The highest BCUT2D eigenvalue weighted by atomic mass is 35.5. The van der Waals surface area contributed by atoms with E-state index < -0.39 is 0 Å². The summed E-state index contributed by atoms with van der Waals surface area (Å²) in [7, 11) is 0. The standard InChI is InChI=1S/C14H18Cl2N2O.ClH/c15-11-4-1-5-12(16)13(11)14(19)18-8-6-10-3-2-7-17-9-10;/h1,4-5,10,17H,2-3,6-9H2,(H,18,19);1H. The number of rotatable bonds is 4. The van der Waals surface area contributed by atoms with Crippen molar-refractivity contribution in [2.75, 3.05) is 19.6 Å². The number of halogens is 3. The molecule has 1 aromatic rings. The lowest BCUT2D eigenvalue weighted by molar-refractivity contribution is 0.0951. The number of carbonyl (C=O) groups excluding carboxylic acids is 1. The normalized spacial score (nSPS) is 18.2. The third kappa shape index (κ3) is 4.81. The molecule has 0 saturated carbocycles. The van der Waals surface area contributed by atoms with Gasteiger partial charge in [-0.1, -0.05) is 29.3 Å². The quantitative estimate of drug-likeness (QED) is 0.882. The zero-order chi connectivity index (χ0) is 13.7. The Labute approximate surface area is 135 Å². The van der Waals surface area contributed by atoms with E-state index in [1.165, 1.54) is 12.8 Å². The van der Waals surface area contributed by atoms with Crippen LogP contribution in [0.5, 0.6) is 0 Å². The Hall–Kier alpha value is -0.480. The van der Waals surface area contributed by atoms with E-state index in [2.05, 4.69) is 10.6 Å². The first kappa shape index (κ1) is 17.6. The van der Waals surface area contributed by atoms with Crippen LogP contribution in [0.25, 0.3) is 0 Å². The number of amides is 1. The molecule has 112 valence electrons. The van der Waals surface area contributed by atoms with E-state index in [1.54, 1.807) is 18.2 Å². The molecular weight excluding hydrogens is 319 g/mol. The number of hydrogen-bond donors (Lipinski definition) is 2. The molecule has 2 rings (SSSR count). The highest BCUT2D eigenvalue weighted by molar-refractivity contribution is 6.39. The lowest BCUT2D eigenvalue weighted by Crippen LogP contribution is -2.33. The van der Waals surface area contributed by atoms with Crippen LogP contribution in [-0.2, 0) is 0 Å². The van der Waals surface area contributed by atoms with Crippen molar-refractivity contribution >= 4 is 41.5 Å². The lowest BCUT2D eigenvalue weighted by Gasteiger charge is -2.22. The number of hydrogen-bond acceptors (Lipinski definition) is 2. The fourth-order valence-corrected chi connectivity index (χ4v) is 2.93. The van der Waals surface area contributed by atoms with Crippen LogP contribution < -0.4 is 10.6 Å². The van der Waals surface area contributed by atoms with Crippen LogP contribution in [-0.4, -0.2) is 25.5 Å². The van der Waals surface area contributed by atoms with Gasteiger partial charge in [0.2, 0.25) is 0 Å². The summed E-state index contributed by atoms with van der Waals surface area (Å²) in [5.41, 5.74) is 0.368. The van der Waals surface area contributed by atoms with Gasteiger partial charge in [0.25, 0.3) is 5.91 Å². The Balaban J connectivity index is 0.00000200. The maximum Gasteiger partial charge on any atom is 0.254 e. The average molecular weight is 338 g/mol.